The van der Waals surface area contributed by atoms with Crippen LogP contribution < -0.4 is 11.5 Å². The van der Waals surface area contributed by atoms with Crippen molar-refractivity contribution in [1.29, 1.82) is 0 Å². The van der Waals surface area contributed by atoms with Crippen LogP contribution in [-0.2, 0) is 9.59 Å². The van der Waals surface area contributed by atoms with Gasteiger partial charge < -0.3 is 21.7 Å². The number of aliphatic carboxylic acids is 2. The van der Waals surface area contributed by atoms with Gasteiger partial charge in [-0.3, -0.25) is 9.59 Å². The molecule has 0 bridgehead atoms. The van der Waals surface area contributed by atoms with Crippen LogP contribution in [-0.4, -0.2) is 45.7 Å². The van der Waals surface area contributed by atoms with Crippen molar-refractivity contribution < 1.29 is 19.8 Å². The second-order valence-corrected chi connectivity index (χ2v) is 6.01. The molecule has 0 aromatic heterocycles. The molecule has 0 amide bonds. The number of carboxylic acids is 2. The first kappa shape index (κ1) is 19.9. The highest BCUT2D eigenvalue weighted by atomic mass is 33.1. The number of carboxylic acid groups (broad SMARTS) is 2. The largest absolute Gasteiger partial charge is 0.480 e. The van der Waals surface area contributed by atoms with Crippen molar-refractivity contribution in [1.82, 2.24) is 0 Å². The molecular formula is C10H22N2O4S2. The molecule has 2 atom stereocenters. The van der Waals surface area contributed by atoms with Crippen LogP contribution in [0.25, 0.3) is 0 Å². The van der Waals surface area contributed by atoms with E-state index in [1.807, 2.05) is 0 Å². The molecule has 0 spiro atoms. The van der Waals surface area contributed by atoms with Crippen molar-refractivity contribution in [3.63, 3.8) is 0 Å². The molecule has 0 saturated carbocycles. The second kappa shape index (κ2) is 13.0. The quantitative estimate of drug-likeness (QED) is 0.386. The van der Waals surface area contributed by atoms with E-state index < -0.39 is 24.0 Å². The number of nitrogens with two attached hydrogens (primary N) is 2. The van der Waals surface area contributed by atoms with Gasteiger partial charge in [-0.25, -0.2) is 0 Å². The van der Waals surface area contributed by atoms with Gasteiger partial charge in [-0.1, -0.05) is 48.3 Å². The van der Waals surface area contributed by atoms with Crippen molar-refractivity contribution in [3.8, 4) is 0 Å². The predicted molar refractivity (Wildman–Crippen MR) is 76.7 cm³/mol. The minimum absolute atomic E-state index is 0.229. The Kier molecular flexibility index (Phi) is 14.4. The van der Waals surface area contributed by atoms with Gasteiger partial charge in [0, 0.05) is 11.5 Å². The lowest BCUT2D eigenvalue weighted by atomic mass is 10.4. The molecule has 6 N–H and O–H groups in total. The van der Waals surface area contributed by atoms with Crippen molar-refractivity contribution >= 4 is 33.5 Å². The fraction of sp³-hybridized carbons (Fsp3) is 0.800. The zero-order valence-corrected chi connectivity index (χ0v) is 12.3. The van der Waals surface area contributed by atoms with Gasteiger partial charge in [-0.05, 0) is 0 Å². The van der Waals surface area contributed by atoms with Crippen LogP contribution in [0.15, 0.2) is 0 Å². The fourth-order valence-electron chi connectivity index (χ4n) is 0.385. The summed E-state index contributed by atoms with van der Waals surface area (Å²) in [7, 11) is 2.41. The average molecular weight is 298 g/mol. The van der Waals surface area contributed by atoms with Gasteiger partial charge >= 0.3 is 11.9 Å². The summed E-state index contributed by atoms with van der Waals surface area (Å²) < 4.78 is 0. The standard InChI is InChI=1S/C6H12N2O4S2.C4H10/c7-3(5(9)10)1-13-14-2-4(8)6(11)12;1-3-4-2/h3-4H,1-2,7-8H2,(H,9,10)(H,11,12);3-4H2,1-2H3/t3-,4-;/m0./s1. The zero-order chi connectivity index (χ0) is 14.6. The lowest BCUT2D eigenvalue weighted by molar-refractivity contribution is -0.138. The summed E-state index contributed by atoms with van der Waals surface area (Å²) in [5.74, 6) is -1.68. The summed E-state index contributed by atoms with van der Waals surface area (Å²) >= 11 is 0. The molecule has 0 heterocycles. The normalized spacial score (nSPS) is 13.1. The first-order chi connectivity index (χ1) is 8.36. The Morgan fingerprint density at radius 1 is 0.944 bits per heavy atom. The molecule has 0 unspecified atom stereocenters. The van der Waals surface area contributed by atoms with E-state index in [1.165, 1.54) is 34.4 Å². The van der Waals surface area contributed by atoms with Gasteiger partial charge in [0.2, 0.25) is 0 Å². The van der Waals surface area contributed by atoms with Gasteiger partial charge in [0.25, 0.3) is 0 Å². The lowest BCUT2D eigenvalue weighted by Gasteiger charge is -2.07. The van der Waals surface area contributed by atoms with E-state index in [4.69, 9.17) is 21.7 Å². The summed E-state index contributed by atoms with van der Waals surface area (Å²) in [5, 5.41) is 16.8. The Hall–Kier alpha value is -0.440. The third kappa shape index (κ3) is 13.6. The van der Waals surface area contributed by atoms with Gasteiger partial charge in [-0.15, -0.1) is 0 Å². The Morgan fingerprint density at radius 3 is 1.39 bits per heavy atom. The number of unbranched alkanes of at least 4 members (excludes halogenated alkanes) is 1. The lowest BCUT2D eigenvalue weighted by Crippen LogP contribution is -2.33. The first-order valence-electron chi connectivity index (χ1n) is 5.57. The monoisotopic (exact) mass is 298 g/mol. The number of hydrogen-bond donors (Lipinski definition) is 4. The van der Waals surface area contributed by atoms with Crippen LogP contribution in [0.2, 0.25) is 0 Å². The molecular weight excluding hydrogens is 276 g/mol. The molecule has 0 aromatic rings. The highest BCUT2D eigenvalue weighted by molar-refractivity contribution is 8.76. The van der Waals surface area contributed by atoms with Gasteiger partial charge in [0.05, 0.1) is 0 Å². The molecule has 0 aromatic carbocycles. The van der Waals surface area contributed by atoms with E-state index in [1.54, 1.807) is 0 Å². The summed E-state index contributed by atoms with van der Waals surface area (Å²) in [5.41, 5.74) is 10.4. The number of hydrogen-bond acceptors (Lipinski definition) is 6. The highest BCUT2D eigenvalue weighted by Crippen LogP contribution is 2.22. The van der Waals surface area contributed by atoms with Crippen molar-refractivity contribution in [3.05, 3.63) is 0 Å². The molecule has 0 saturated heterocycles. The van der Waals surface area contributed by atoms with E-state index in [9.17, 15) is 9.59 Å². The predicted octanol–water partition coefficient (Wildman–Crippen LogP) is 0.998. The van der Waals surface area contributed by atoms with Crippen LogP contribution in [0.5, 0.6) is 0 Å². The Balaban J connectivity index is 0. The van der Waals surface area contributed by atoms with Crippen LogP contribution in [0.1, 0.15) is 26.7 Å². The summed E-state index contributed by atoms with van der Waals surface area (Å²) in [6.45, 7) is 4.36. The third-order valence-corrected chi connectivity index (χ3v) is 4.19. The molecule has 0 aliphatic heterocycles. The van der Waals surface area contributed by atoms with Crippen molar-refractivity contribution in [2.75, 3.05) is 11.5 Å². The van der Waals surface area contributed by atoms with E-state index in [0.717, 1.165) is 0 Å². The van der Waals surface area contributed by atoms with Crippen molar-refractivity contribution in [2.24, 2.45) is 11.5 Å². The molecule has 0 radical (unpaired) electrons. The van der Waals surface area contributed by atoms with Gasteiger partial charge in [0.15, 0.2) is 0 Å². The highest BCUT2D eigenvalue weighted by Gasteiger charge is 2.14. The molecule has 8 heteroatoms. The van der Waals surface area contributed by atoms with E-state index in [-0.39, 0.29) is 11.5 Å². The summed E-state index contributed by atoms with van der Waals surface area (Å²) in [4.78, 5) is 20.5. The van der Waals surface area contributed by atoms with Crippen LogP contribution in [0.4, 0.5) is 0 Å². The SMILES string of the molecule is CCCC.N[C@@H](CSSC[C@H](N)C(=O)O)C(=O)O. The Labute approximate surface area is 115 Å². The summed E-state index contributed by atoms with van der Waals surface area (Å²) in [6.07, 6.45) is 2.64. The maximum Gasteiger partial charge on any atom is 0.321 e. The number of carbonyl (C=O) groups is 2. The van der Waals surface area contributed by atoms with Crippen molar-refractivity contribution in [2.45, 2.75) is 38.8 Å². The zero-order valence-electron chi connectivity index (χ0n) is 10.7. The minimum Gasteiger partial charge on any atom is -0.480 e. The van der Waals surface area contributed by atoms with E-state index >= 15 is 0 Å². The maximum atomic E-state index is 10.3. The molecule has 18 heavy (non-hydrogen) atoms. The van der Waals surface area contributed by atoms with Gasteiger partial charge in [-0.2, -0.15) is 0 Å². The van der Waals surface area contributed by atoms with Gasteiger partial charge in [0.1, 0.15) is 12.1 Å². The Morgan fingerprint density at radius 2 is 1.22 bits per heavy atom. The number of rotatable bonds is 8. The topological polar surface area (TPSA) is 127 Å². The smallest absolute Gasteiger partial charge is 0.321 e. The van der Waals surface area contributed by atoms with E-state index in [2.05, 4.69) is 13.8 Å². The molecule has 0 aliphatic carbocycles. The molecule has 0 aliphatic rings. The van der Waals surface area contributed by atoms with Crippen LogP contribution >= 0.6 is 21.6 Å². The van der Waals surface area contributed by atoms with Crippen LogP contribution in [0.3, 0.4) is 0 Å². The fourth-order valence-corrected chi connectivity index (χ4v) is 2.61. The molecule has 0 fully saturated rings. The maximum absolute atomic E-state index is 10.3. The Bertz CT molecular complexity index is 218. The minimum atomic E-state index is -1.07. The molecule has 6 nitrogen and oxygen atoms in total. The van der Waals surface area contributed by atoms with E-state index in [0.29, 0.717) is 0 Å². The molecule has 108 valence electrons. The van der Waals surface area contributed by atoms with Crippen LogP contribution in [0, 0.1) is 0 Å². The third-order valence-electron chi connectivity index (χ3n) is 1.71. The average Bonchev–Trinajstić information content (AvgIpc) is 2.33. The molecule has 0 rings (SSSR count). The second-order valence-electron chi connectivity index (χ2n) is 3.46. The summed E-state index contributed by atoms with van der Waals surface area (Å²) in [6, 6.07) is -1.85. The first-order valence-corrected chi connectivity index (χ1v) is 8.06.